The van der Waals surface area contributed by atoms with Crippen LogP contribution in [0.15, 0.2) is 30.3 Å². The third-order valence-electron chi connectivity index (χ3n) is 1.87. The highest BCUT2D eigenvalue weighted by Crippen LogP contribution is 1.98. The fourth-order valence-electron chi connectivity index (χ4n) is 1.11. The van der Waals surface area contributed by atoms with E-state index in [2.05, 4.69) is 10.9 Å². The standard InChI is InChI=1S/C11H13ClN2O2/c12-7-6-10(15)13-14-11(16)8-9-4-2-1-3-5-9/h1-5H,6-8H2,(H,13,15)(H,14,16). The van der Waals surface area contributed by atoms with Gasteiger partial charge in [0.05, 0.1) is 6.42 Å². The number of carbonyl (C=O) groups excluding carboxylic acids is 2. The van der Waals surface area contributed by atoms with Crippen LogP contribution in [0.5, 0.6) is 0 Å². The average molecular weight is 241 g/mol. The molecule has 0 aliphatic heterocycles. The number of rotatable bonds is 4. The Morgan fingerprint density at radius 3 is 2.31 bits per heavy atom. The third-order valence-corrected chi connectivity index (χ3v) is 2.06. The number of benzene rings is 1. The molecule has 1 aromatic carbocycles. The van der Waals surface area contributed by atoms with Crippen molar-refractivity contribution in [2.45, 2.75) is 12.8 Å². The largest absolute Gasteiger partial charge is 0.273 e. The van der Waals surface area contributed by atoms with Crippen molar-refractivity contribution >= 4 is 23.4 Å². The number of hydrogen-bond donors (Lipinski definition) is 2. The van der Waals surface area contributed by atoms with Gasteiger partial charge >= 0.3 is 0 Å². The zero-order valence-electron chi connectivity index (χ0n) is 8.70. The SMILES string of the molecule is O=C(CCCl)NNC(=O)Cc1ccccc1. The summed E-state index contributed by atoms with van der Waals surface area (Å²) in [5, 5.41) is 0. The molecule has 4 nitrogen and oxygen atoms in total. The van der Waals surface area contributed by atoms with Gasteiger partial charge in [0.15, 0.2) is 0 Å². The summed E-state index contributed by atoms with van der Waals surface area (Å²) in [4.78, 5) is 22.4. The molecule has 0 aliphatic carbocycles. The summed E-state index contributed by atoms with van der Waals surface area (Å²) >= 11 is 5.37. The van der Waals surface area contributed by atoms with Gasteiger partial charge in [-0.15, -0.1) is 11.6 Å². The maximum atomic E-state index is 11.4. The number of nitrogens with one attached hydrogen (secondary N) is 2. The first kappa shape index (κ1) is 12.5. The van der Waals surface area contributed by atoms with Crippen LogP contribution in [-0.4, -0.2) is 17.7 Å². The fraction of sp³-hybridized carbons (Fsp3) is 0.273. The van der Waals surface area contributed by atoms with E-state index < -0.39 is 0 Å². The summed E-state index contributed by atoms with van der Waals surface area (Å²) in [6.45, 7) is 0. The summed E-state index contributed by atoms with van der Waals surface area (Å²) < 4.78 is 0. The molecule has 16 heavy (non-hydrogen) atoms. The predicted octanol–water partition coefficient (Wildman–Crippen LogP) is 1.01. The molecule has 0 saturated carbocycles. The lowest BCUT2D eigenvalue weighted by Crippen LogP contribution is -2.42. The van der Waals surface area contributed by atoms with Crippen molar-refractivity contribution in [2.24, 2.45) is 0 Å². The van der Waals surface area contributed by atoms with E-state index in [0.717, 1.165) is 5.56 Å². The molecule has 0 saturated heterocycles. The predicted molar refractivity (Wildman–Crippen MR) is 61.8 cm³/mol. The fourth-order valence-corrected chi connectivity index (χ4v) is 1.28. The van der Waals surface area contributed by atoms with Crippen molar-refractivity contribution in [1.29, 1.82) is 0 Å². The third kappa shape index (κ3) is 4.79. The molecule has 0 aliphatic rings. The van der Waals surface area contributed by atoms with E-state index in [1.807, 2.05) is 30.3 Å². The second kappa shape index (κ2) is 6.85. The van der Waals surface area contributed by atoms with Gasteiger partial charge in [0.2, 0.25) is 11.8 Å². The Balaban J connectivity index is 2.29. The molecule has 0 bridgehead atoms. The quantitative estimate of drug-likeness (QED) is 0.610. The normalized spacial score (nSPS) is 9.56. The summed E-state index contributed by atoms with van der Waals surface area (Å²) in [6.07, 6.45) is 0.426. The minimum atomic E-state index is -0.295. The van der Waals surface area contributed by atoms with E-state index >= 15 is 0 Å². The Morgan fingerprint density at radius 1 is 1.06 bits per heavy atom. The first-order chi connectivity index (χ1) is 7.72. The van der Waals surface area contributed by atoms with Crippen molar-refractivity contribution in [3.63, 3.8) is 0 Å². The first-order valence-electron chi connectivity index (χ1n) is 4.90. The molecule has 5 heteroatoms. The maximum Gasteiger partial charge on any atom is 0.242 e. The van der Waals surface area contributed by atoms with Gasteiger partial charge < -0.3 is 0 Å². The van der Waals surface area contributed by atoms with Gasteiger partial charge in [0.25, 0.3) is 0 Å². The zero-order valence-corrected chi connectivity index (χ0v) is 9.46. The number of hydrogen-bond acceptors (Lipinski definition) is 2. The van der Waals surface area contributed by atoms with E-state index in [4.69, 9.17) is 11.6 Å². The Hall–Kier alpha value is -1.55. The van der Waals surface area contributed by atoms with Crippen molar-refractivity contribution in [1.82, 2.24) is 10.9 Å². The molecular weight excluding hydrogens is 228 g/mol. The number of amides is 2. The van der Waals surface area contributed by atoms with Crippen LogP contribution in [0.4, 0.5) is 0 Å². The van der Waals surface area contributed by atoms with Crippen LogP contribution in [-0.2, 0) is 16.0 Å². The van der Waals surface area contributed by atoms with Crippen molar-refractivity contribution in [3.05, 3.63) is 35.9 Å². The Bertz CT molecular complexity index is 354. The second-order valence-corrected chi connectivity index (χ2v) is 3.58. The zero-order chi connectivity index (χ0) is 11.8. The lowest BCUT2D eigenvalue weighted by atomic mass is 10.1. The van der Waals surface area contributed by atoms with Gasteiger partial charge in [-0.3, -0.25) is 20.4 Å². The number of alkyl halides is 1. The van der Waals surface area contributed by atoms with Crippen LogP contribution in [0, 0.1) is 0 Å². The molecule has 2 amide bonds. The lowest BCUT2D eigenvalue weighted by Gasteiger charge is -2.06. The van der Waals surface area contributed by atoms with Gasteiger partial charge in [0.1, 0.15) is 0 Å². The Morgan fingerprint density at radius 2 is 1.69 bits per heavy atom. The molecule has 0 radical (unpaired) electrons. The molecular formula is C11H13ClN2O2. The molecule has 86 valence electrons. The highest BCUT2D eigenvalue weighted by molar-refractivity contribution is 6.18. The van der Waals surface area contributed by atoms with Crippen LogP contribution in [0.25, 0.3) is 0 Å². The summed E-state index contributed by atoms with van der Waals surface area (Å²) in [5.74, 6) is -0.314. The van der Waals surface area contributed by atoms with E-state index in [1.54, 1.807) is 0 Å². The van der Waals surface area contributed by atoms with Crippen molar-refractivity contribution < 1.29 is 9.59 Å². The van der Waals surface area contributed by atoms with Crippen molar-refractivity contribution in [3.8, 4) is 0 Å². The second-order valence-electron chi connectivity index (χ2n) is 3.20. The summed E-state index contributed by atoms with van der Waals surface area (Å²) in [5.41, 5.74) is 5.49. The first-order valence-corrected chi connectivity index (χ1v) is 5.43. The van der Waals surface area contributed by atoms with Crippen LogP contribution < -0.4 is 10.9 Å². The molecule has 0 unspecified atom stereocenters. The molecule has 1 rings (SSSR count). The molecule has 2 N–H and O–H groups in total. The molecule has 0 fully saturated rings. The van der Waals surface area contributed by atoms with E-state index in [-0.39, 0.29) is 30.5 Å². The van der Waals surface area contributed by atoms with Gasteiger partial charge in [-0.1, -0.05) is 30.3 Å². The van der Waals surface area contributed by atoms with Crippen LogP contribution in [0.2, 0.25) is 0 Å². The molecule has 1 aromatic rings. The van der Waals surface area contributed by atoms with Gasteiger partial charge in [0, 0.05) is 12.3 Å². The van der Waals surface area contributed by atoms with Gasteiger partial charge in [-0.25, -0.2) is 0 Å². The van der Waals surface area contributed by atoms with Crippen molar-refractivity contribution in [2.75, 3.05) is 5.88 Å². The lowest BCUT2D eigenvalue weighted by molar-refractivity contribution is -0.128. The monoisotopic (exact) mass is 240 g/mol. The average Bonchev–Trinajstić information content (AvgIpc) is 2.28. The highest BCUT2D eigenvalue weighted by Gasteiger charge is 2.04. The van der Waals surface area contributed by atoms with E-state index in [9.17, 15) is 9.59 Å². The van der Waals surface area contributed by atoms with Gasteiger partial charge in [-0.2, -0.15) is 0 Å². The molecule has 0 atom stereocenters. The van der Waals surface area contributed by atoms with Crippen LogP contribution in [0.3, 0.4) is 0 Å². The van der Waals surface area contributed by atoms with Gasteiger partial charge in [-0.05, 0) is 5.56 Å². The Labute approximate surface area is 99.0 Å². The smallest absolute Gasteiger partial charge is 0.242 e. The minimum Gasteiger partial charge on any atom is -0.273 e. The molecule has 0 heterocycles. The minimum absolute atomic E-state index is 0.188. The highest BCUT2D eigenvalue weighted by atomic mass is 35.5. The molecule has 0 spiro atoms. The summed E-state index contributed by atoms with van der Waals surface area (Å²) in [6, 6.07) is 9.29. The molecule has 0 aromatic heterocycles. The Kier molecular flexibility index (Phi) is 5.36. The number of hydrazine groups is 1. The number of halogens is 1. The van der Waals surface area contributed by atoms with E-state index in [0.29, 0.717) is 0 Å². The topological polar surface area (TPSA) is 58.2 Å². The summed E-state index contributed by atoms with van der Waals surface area (Å²) in [7, 11) is 0. The van der Waals surface area contributed by atoms with E-state index in [1.165, 1.54) is 0 Å². The number of carbonyl (C=O) groups is 2. The maximum absolute atomic E-state index is 11.4. The van der Waals surface area contributed by atoms with Crippen LogP contribution in [0.1, 0.15) is 12.0 Å². The van der Waals surface area contributed by atoms with Crippen LogP contribution >= 0.6 is 11.6 Å².